The van der Waals surface area contributed by atoms with Gasteiger partial charge in [0.25, 0.3) is 0 Å². The van der Waals surface area contributed by atoms with E-state index >= 15 is 0 Å². The van der Waals surface area contributed by atoms with Gasteiger partial charge in [0.05, 0.1) is 5.69 Å². The minimum atomic E-state index is -0.521. The summed E-state index contributed by atoms with van der Waals surface area (Å²) in [5.74, 6) is 0.656. The molecule has 0 aliphatic carbocycles. The van der Waals surface area contributed by atoms with E-state index in [-0.39, 0.29) is 0 Å². The highest BCUT2D eigenvalue weighted by atomic mass is 19.1. The van der Waals surface area contributed by atoms with Crippen LogP contribution in [0.15, 0.2) is 11.6 Å². The first-order valence-corrected chi connectivity index (χ1v) is 7.79. The molecule has 0 N–H and O–H groups in total. The largest absolute Gasteiger partial charge is 0.244 e. The smallest absolute Gasteiger partial charge is 0.152 e. The van der Waals surface area contributed by atoms with Crippen LogP contribution in [0.3, 0.4) is 0 Å². The lowest BCUT2D eigenvalue weighted by Gasteiger charge is -2.04. The van der Waals surface area contributed by atoms with E-state index in [2.05, 4.69) is 23.8 Å². The number of hydrogen-bond acceptors (Lipinski definition) is 2. The number of halogens is 1. The molecule has 0 spiro atoms. The van der Waals surface area contributed by atoms with Crippen LogP contribution in [-0.4, -0.2) is 9.97 Å². The summed E-state index contributed by atoms with van der Waals surface area (Å²) < 4.78 is 12.8. The van der Waals surface area contributed by atoms with Gasteiger partial charge < -0.3 is 0 Å². The molecule has 0 atom stereocenters. The van der Waals surface area contributed by atoms with Gasteiger partial charge in [0, 0.05) is 5.69 Å². The predicted octanol–water partition coefficient (Wildman–Crippen LogP) is 5.27. The van der Waals surface area contributed by atoms with Crippen molar-refractivity contribution in [3.05, 3.63) is 28.9 Å². The Morgan fingerprint density at radius 1 is 1.10 bits per heavy atom. The quantitative estimate of drug-likeness (QED) is 0.575. The summed E-state index contributed by atoms with van der Waals surface area (Å²) in [6, 6.07) is 1.75. The van der Waals surface area contributed by atoms with Crippen molar-refractivity contribution in [1.29, 1.82) is 0 Å². The first-order valence-electron chi connectivity index (χ1n) is 7.79. The average Bonchev–Trinajstić information content (AvgIpc) is 2.46. The van der Waals surface area contributed by atoms with Crippen molar-refractivity contribution in [3.8, 4) is 0 Å². The Hall–Kier alpha value is -1.25. The van der Waals surface area contributed by atoms with Gasteiger partial charge in [0.2, 0.25) is 0 Å². The number of allylic oxidation sites excluding steroid dienone is 1. The van der Waals surface area contributed by atoms with Gasteiger partial charge in [-0.3, -0.25) is 0 Å². The summed E-state index contributed by atoms with van der Waals surface area (Å²) in [6.07, 6.45) is 10.3. The molecule has 0 fully saturated rings. The number of nitrogens with zero attached hydrogens (tertiary/aromatic N) is 2. The molecule has 20 heavy (non-hydrogen) atoms. The Kier molecular flexibility index (Phi) is 8.08. The maximum Gasteiger partial charge on any atom is 0.152 e. The summed E-state index contributed by atoms with van der Waals surface area (Å²) in [4.78, 5) is 8.68. The number of hydrogen-bond donors (Lipinski definition) is 0. The molecule has 0 amide bonds. The Morgan fingerprint density at radius 2 is 1.80 bits per heavy atom. The summed E-state index contributed by atoms with van der Waals surface area (Å²) in [5.41, 5.74) is 2.67. The van der Waals surface area contributed by atoms with Crippen molar-refractivity contribution < 1.29 is 4.39 Å². The normalized spacial score (nSPS) is 11.9. The van der Waals surface area contributed by atoms with Gasteiger partial charge in [-0.25, -0.2) is 14.4 Å². The SMILES string of the molecule is CCCCCCCC(C)=Cc1nc(CC)cc(CF)n1. The third-order valence-corrected chi connectivity index (χ3v) is 3.40. The van der Waals surface area contributed by atoms with Crippen LogP contribution >= 0.6 is 0 Å². The minimum absolute atomic E-state index is 0.485. The monoisotopic (exact) mass is 278 g/mol. The van der Waals surface area contributed by atoms with E-state index in [4.69, 9.17) is 0 Å². The third-order valence-electron chi connectivity index (χ3n) is 3.40. The van der Waals surface area contributed by atoms with Crippen LogP contribution in [0, 0.1) is 0 Å². The van der Waals surface area contributed by atoms with E-state index in [9.17, 15) is 4.39 Å². The zero-order chi connectivity index (χ0) is 14.8. The second-order valence-electron chi connectivity index (χ2n) is 5.35. The lowest BCUT2D eigenvalue weighted by Crippen LogP contribution is -1.99. The van der Waals surface area contributed by atoms with Crippen LogP contribution in [0.2, 0.25) is 0 Å². The Labute approximate surface area is 122 Å². The molecule has 0 aliphatic heterocycles. The van der Waals surface area contributed by atoms with Crippen LogP contribution in [-0.2, 0) is 13.1 Å². The van der Waals surface area contributed by atoms with Crippen molar-refractivity contribution in [2.24, 2.45) is 0 Å². The summed E-state index contributed by atoms with van der Waals surface area (Å²) in [5, 5.41) is 0. The molecule has 1 rings (SSSR count). The van der Waals surface area contributed by atoms with Gasteiger partial charge in [-0.15, -0.1) is 0 Å². The summed E-state index contributed by atoms with van der Waals surface area (Å²) >= 11 is 0. The molecule has 112 valence electrons. The molecule has 1 aromatic rings. The first kappa shape index (κ1) is 16.8. The fourth-order valence-corrected chi connectivity index (χ4v) is 2.19. The van der Waals surface area contributed by atoms with Crippen molar-refractivity contribution in [3.63, 3.8) is 0 Å². The highest BCUT2D eigenvalue weighted by molar-refractivity contribution is 5.44. The van der Waals surface area contributed by atoms with Crippen LogP contribution in [0.4, 0.5) is 4.39 Å². The molecule has 2 nitrogen and oxygen atoms in total. The predicted molar refractivity (Wildman–Crippen MR) is 83.2 cm³/mol. The standard InChI is InChI=1S/C17H27FN2/c1-4-6-7-8-9-10-14(3)11-17-19-15(5-2)12-16(13-18)20-17/h11-12H,4-10,13H2,1-3H3. The number of aromatic nitrogens is 2. The van der Waals surface area contributed by atoms with Crippen LogP contribution in [0.5, 0.6) is 0 Å². The van der Waals surface area contributed by atoms with Gasteiger partial charge in [0.1, 0.15) is 6.67 Å². The molecule has 0 radical (unpaired) electrons. The zero-order valence-corrected chi connectivity index (χ0v) is 13.1. The van der Waals surface area contributed by atoms with E-state index in [1.807, 2.05) is 13.0 Å². The molecule has 0 saturated heterocycles. The molecule has 0 aromatic carbocycles. The van der Waals surface area contributed by atoms with Gasteiger partial charge in [-0.1, -0.05) is 45.1 Å². The van der Waals surface area contributed by atoms with E-state index in [0.717, 1.165) is 18.5 Å². The molecule has 0 unspecified atom stereocenters. The Morgan fingerprint density at radius 3 is 2.45 bits per heavy atom. The second kappa shape index (κ2) is 9.62. The van der Waals surface area contributed by atoms with E-state index in [1.165, 1.54) is 37.7 Å². The molecule has 1 aromatic heterocycles. The lowest BCUT2D eigenvalue weighted by molar-refractivity contribution is 0.474. The maximum absolute atomic E-state index is 12.8. The number of unbranched alkanes of at least 4 members (excludes halogenated alkanes) is 4. The Balaban J connectivity index is 2.58. The average molecular weight is 278 g/mol. The molecule has 0 bridgehead atoms. The van der Waals surface area contributed by atoms with E-state index in [0.29, 0.717) is 11.5 Å². The molecule has 3 heteroatoms. The van der Waals surface area contributed by atoms with Crippen LogP contribution < -0.4 is 0 Å². The maximum atomic E-state index is 12.8. The van der Waals surface area contributed by atoms with Crippen LogP contribution in [0.25, 0.3) is 6.08 Å². The zero-order valence-electron chi connectivity index (χ0n) is 13.1. The molecule has 1 heterocycles. The third kappa shape index (κ3) is 6.27. The van der Waals surface area contributed by atoms with Gasteiger partial charge in [-0.2, -0.15) is 0 Å². The van der Waals surface area contributed by atoms with Gasteiger partial charge in [0.15, 0.2) is 5.82 Å². The van der Waals surface area contributed by atoms with Crippen molar-refractivity contribution in [1.82, 2.24) is 9.97 Å². The van der Waals surface area contributed by atoms with Crippen LogP contribution in [0.1, 0.15) is 76.5 Å². The van der Waals surface area contributed by atoms with Crippen molar-refractivity contribution >= 4 is 6.08 Å². The number of aryl methyl sites for hydroxylation is 1. The molecular weight excluding hydrogens is 251 g/mol. The fourth-order valence-electron chi connectivity index (χ4n) is 2.19. The van der Waals surface area contributed by atoms with Crippen molar-refractivity contribution in [2.75, 3.05) is 0 Å². The first-order chi connectivity index (χ1) is 9.69. The summed E-state index contributed by atoms with van der Waals surface area (Å²) in [7, 11) is 0. The second-order valence-corrected chi connectivity index (χ2v) is 5.35. The van der Waals surface area contributed by atoms with Crippen molar-refractivity contribution in [2.45, 2.75) is 72.4 Å². The topological polar surface area (TPSA) is 25.8 Å². The van der Waals surface area contributed by atoms with E-state index < -0.39 is 6.67 Å². The Bertz CT molecular complexity index is 405. The molecular formula is C17H27FN2. The minimum Gasteiger partial charge on any atom is -0.244 e. The van der Waals surface area contributed by atoms with Gasteiger partial charge >= 0.3 is 0 Å². The number of rotatable bonds is 9. The van der Waals surface area contributed by atoms with Gasteiger partial charge in [-0.05, 0) is 38.3 Å². The molecule has 0 saturated carbocycles. The van der Waals surface area contributed by atoms with E-state index in [1.54, 1.807) is 6.07 Å². The highest BCUT2D eigenvalue weighted by Crippen LogP contribution is 2.14. The highest BCUT2D eigenvalue weighted by Gasteiger charge is 2.02. The lowest BCUT2D eigenvalue weighted by atomic mass is 10.1. The molecule has 0 aliphatic rings. The number of alkyl halides is 1. The summed E-state index contributed by atoms with van der Waals surface area (Å²) in [6.45, 7) is 5.84. The fraction of sp³-hybridized carbons (Fsp3) is 0.647.